The minimum atomic E-state index is -0.675. The quantitative estimate of drug-likeness (QED) is 0.425. The highest BCUT2D eigenvalue weighted by Crippen LogP contribution is 2.21. The summed E-state index contributed by atoms with van der Waals surface area (Å²) >= 11 is 0. The fraction of sp³-hybridized carbons (Fsp3) is 0. The number of amides is 1. The second kappa shape index (κ2) is 8.26. The minimum absolute atomic E-state index is 0.498. The van der Waals surface area contributed by atoms with Gasteiger partial charge in [0.2, 0.25) is 5.88 Å². The SMILES string of the molecule is O=C(Nc1ccc(Oc2ccccn2)cc1)ON=Cc1ccccc1. The van der Waals surface area contributed by atoms with Gasteiger partial charge in [0.25, 0.3) is 0 Å². The lowest BCUT2D eigenvalue weighted by atomic mass is 10.2. The molecule has 25 heavy (non-hydrogen) atoms. The van der Waals surface area contributed by atoms with Crippen LogP contribution in [0.2, 0.25) is 0 Å². The van der Waals surface area contributed by atoms with Gasteiger partial charge in [-0.3, -0.25) is 10.2 Å². The van der Waals surface area contributed by atoms with Gasteiger partial charge in [-0.25, -0.2) is 9.78 Å². The van der Waals surface area contributed by atoms with Crippen molar-refractivity contribution in [3.8, 4) is 11.6 Å². The van der Waals surface area contributed by atoms with E-state index in [1.54, 1.807) is 36.5 Å². The fourth-order valence-corrected chi connectivity index (χ4v) is 1.95. The van der Waals surface area contributed by atoms with Crippen molar-refractivity contribution in [3.63, 3.8) is 0 Å². The molecule has 0 atom stereocenters. The summed E-state index contributed by atoms with van der Waals surface area (Å²) in [7, 11) is 0. The third-order valence-electron chi connectivity index (χ3n) is 3.10. The molecule has 6 nitrogen and oxygen atoms in total. The first-order valence-electron chi connectivity index (χ1n) is 7.55. The average molecular weight is 333 g/mol. The number of benzene rings is 2. The van der Waals surface area contributed by atoms with Crippen LogP contribution in [0, 0.1) is 0 Å². The predicted octanol–water partition coefficient (Wildman–Crippen LogP) is 4.46. The molecule has 1 amide bonds. The lowest BCUT2D eigenvalue weighted by molar-refractivity contribution is 0.167. The van der Waals surface area contributed by atoms with E-state index in [0.29, 0.717) is 17.3 Å². The van der Waals surface area contributed by atoms with E-state index in [0.717, 1.165) is 5.56 Å². The Hall–Kier alpha value is -3.67. The summed E-state index contributed by atoms with van der Waals surface area (Å²) in [5.41, 5.74) is 1.40. The Kier molecular flexibility index (Phi) is 5.35. The number of ether oxygens (including phenoxy) is 1. The Labute approximate surface area is 144 Å². The summed E-state index contributed by atoms with van der Waals surface area (Å²) in [6.45, 7) is 0. The molecule has 6 heteroatoms. The van der Waals surface area contributed by atoms with Gasteiger partial charge < -0.3 is 4.74 Å². The number of nitrogens with zero attached hydrogens (tertiary/aromatic N) is 2. The molecule has 0 spiro atoms. The number of hydrogen-bond donors (Lipinski definition) is 1. The summed E-state index contributed by atoms with van der Waals surface area (Å²) in [5.74, 6) is 1.11. The highest BCUT2D eigenvalue weighted by Gasteiger charge is 2.03. The number of rotatable bonds is 5. The number of hydrogen-bond acceptors (Lipinski definition) is 5. The van der Waals surface area contributed by atoms with E-state index in [-0.39, 0.29) is 0 Å². The van der Waals surface area contributed by atoms with Gasteiger partial charge in [0.15, 0.2) is 0 Å². The van der Waals surface area contributed by atoms with Crippen LogP contribution in [0.15, 0.2) is 84.1 Å². The number of carbonyl (C=O) groups is 1. The molecule has 0 aliphatic heterocycles. The summed E-state index contributed by atoms with van der Waals surface area (Å²) in [6.07, 6.45) is 2.44. The molecule has 0 aliphatic rings. The molecule has 124 valence electrons. The highest BCUT2D eigenvalue weighted by molar-refractivity contribution is 5.85. The molecular formula is C19H15N3O3. The molecule has 3 rings (SSSR count). The smallest absolute Gasteiger partial charge is 0.437 e. The van der Waals surface area contributed by atoms with E-state index < -0.39 is 6.09 Å². The molecule has 0 unspecified atom stereocenters. The van der Waals surface area contributed by atoms with Crippen molar-refractivity contribution >= 4 is 18.0 Å². The molecule has 2 aromatic carbocycles. The van der Waals surface area contributed by atoms with Crippen molar-refractivity contribution in [1.29, 1.82) is 0 Å². The molecule has 0 radical (unpaired) electrons. The monoisotopic (exact) mass is 333 g/mol. The average Bonchev–Trinajstić information content (AvgIpc) is 2.65. The van der Waals surface area contributed by atoms with Crippen LogP contribution in [-0.4, -0.2) is 17.3 Å². The van der Waals surface area contributed by atoms with Gasteiger partial charge in [-0.1, -0.05) is 41.6 Å². The van der Waals surface area contributed by atoms with Gasteiger partial charge in [0.1, 0.15) is 5.75 Å². The van der Waals surface area contributed by atoms with Crippen LogP contribution in [-0.2, 0) is 4.84 Å². The van der Waals surface area contributed by atoms with Crippen molar-refractivity contribution in [2.45, 2.75) is 0 Å². The van der Waals surface area contributed by atoms with Gasteiger partial charge >= 0.3 is 6.09 Å². The third kappa shape index (κ3) is 5.18. The number of nitrogens with one attached hydrogen (secondary N) is 1. The molecule has 0 aliphatic carbocycles. The van der Waals surface area contributed by atoms with Crippen LogP contribution in [0.4, 0.5) is 10.5 Å². The van der Waals surface area contributed by atoms with Gasteiger partial charge in [-0.2, -0.15) is 0 Å². The Bertz CT molecular complexity index is 835. The van der Waals surface area contributed by atoms with Crippen LogP contribution < -0.4 is 10.1 Å². The van der Waals surface area contributed by atoms with Crippen molar-refractivity contribution in [2.24, 2.45) is 5.16 Å². The molecule has 3 aromatic rings. The zero-order valence-corrected chi connectivity index (χ0v) is 13.2. The van der Waals surface area contributed by atoms with Crippen molar-refractivity contribution in [3.05, 3.63) is 84.6 Å². The standard InChI is InChI=1S/C19H15N3O3/c23-19(25-21-14-15-6-2-1-3-7-15)22-16-9-11-17(12-10-16)24-18-8-4-5-13-20-18/h1-14H,(H,22,23). The number of aromatic nitrogens is 1. The normalized spacial score (nSPS) is 10.4. The summed E-state index contributed by atoms with van der Waals surface area (Å²) in [6, 6.07) is 21.6. The molecule has 0 bridgehead atoms. The van der Waals surface area contributed by atoms with E-state index in [1.165, 1.54) is 6.21 Å². The van der Waals surface area contributed by atoms with E-state index in [1.807, 2.05) is 42.5 Å². The van der Waals surface area contributed by atoms with Crippen LogP contribution in [0.25, 0.3) is 0 Å². The minimum Gasteiger partial charge on any atom is -0.439 e. The van der Waals surface area contributed by atoms with E-state index in [9.17, 15) is 4.79 Å². The zero-order valence-electron chi connectivity index (χ0n) is 13.2. The maximum absolute atomic E-state index is 11.7. The molecule has 1 aromatic heterocycles. The van der Waals surface area contributed by atoms with Crippen LogP contribution in [0.1, 0.15) is 5.56 Å². The van der Waals surface area contributed by atoms with Gasteiger partial charge in [-0.05, 0) is 35.9 Å². The summed E-state index contributed by atoms with van der Waals surface area (Å²) in [4.78, 5) is 20.5. The summed E-state index contributed by atoms with van der Waals surface area (Å²) < 4.78 is 5.57. The van der Waals surface area contributed by atoms with Crippen LogP contribution in [0.3, 0.4) is 0 Å². The molecule has 0 saturated heterocycles. The second-order valence-corrected chi connectivity index (χ2v) is 4.94. The number of oxime groups is 1. The maximum atomic E-state index is 11.7. The third-order valence-corrected chi connectivity index (χ3v) is 3.10. The number of pyridine rings is 1. The molecule has 1 N–H and O–H groups in total. The molecule has 0 fully saturated rings. The topological polar surface area (TPSA) is 72.8 Å². The maximum Gasteiger partial charge on any atom is 0.437 e. The first kappa shape index (κ1) is 16.2. The lowest BCUT2D eigenvalue weighted by Gasteiger charge is -2.06. The van der Waals surface area contributed by atoms with E-state index in [2.05, 4.69) is 15.5 Å². The first-order valence-corrected chi connectivity index (χ1v) is 7.55. The molecular weight excluding hydrogens is 318 g/mol. The Balaban J connectivity index is 1.51. The van der Waals surface area contributed by atoms with E-state index in [4.69, 9.17) is 9.57 Å². The van der Waals surface area contributed by atoms with E-state index >= 15 is 0 Å². The second-order valence-electron chi connectivity index (χ2n) is 4.94. The van der Waals surface area contributed by atoms with Gasteiger partial charge in [0, 0.05) is 18.0 Å². The Morgan fingerprint density at radius 3 is 2.44 bits per heavy atom. The molecule has 0 saturated carbocycles. The fourth-order valence-electron chi connectivity index (χ4n) is 1.95. The van der Waals surface area contributed by atoms with Gasteiger partial charge in [0.05, 0.1) is 6.21 Å². The predicted molar refractivity (Wildman–Crippen MR) is 94.9 cm³/mol. The van der Waals surface area contributed by atoms with Crippen LogP contribution in [0.5, 0.6) is 11.6 Å². The zero-order chi connectivity index (χ0) is 17.3. The van der Waals surface area contributed by atoms with Gasteiger partial charge in [-0.15, -0.1) is 0 Å². The van der Waals surface area contributed by atoms with Crippen molar-refractivity contribution in [2.75, 3.05) is 5.32 Å². The first-order chi connectivity index (χ1) is 12.3. The van der Waals surface area contributed by atoms with Crippen LogP contribution >= 0.6 is 0 Å². The highest BCUT2D eigenvalue weighted by atomic mass is 16.7. The Morgan fingerprint density at radius 2 is 1.72 bits per heavy atom. The molecule has 1 heterocycles. The Morgan fingerprint density at radius 1 is 0.960 bits per heavy atom. The number of carbonyl (C=O) groups excluding carboxylic acids is 1. The largest absolute Gasteiger partial charge is 0.439 e. The lowest BCUT2D eigenvalue weighted by Crippen LogP contribution is -2.10. The number of anilines is 1. The summed E-state index contributed by atoms with van der Waals surface area (Å²) in [5, 5.41) is 6.21. The van der Waals surface area contributed by atoms with Crippen molar-refractivity contribution in [1.82, 2.24) is 4.98 Å². The van der Waals surface area contributed by atoms with Crippen molar-refractivity contribution < 1.29 is 14.4 Å².